The molecule has 176 valence electrons. The molecule has 0 aliphatic carbocycles. The fraction of sp³-hybridized carbons (Fsp3) is 0.360. The standard InChI is InChI=1S/C25H29N7OS/c1-17-6-5-7-19(16-17)20-21(28-25(2,3)4)32-23(27-20)34-24(29-32)31-14-12-30(13-15-31)22(33)18-8-10-26-11-9-18/h5-11,16,28H,12-15H2,1-4H3. The summed E-state index contributed by atoms with van der Waals surface area (Å²) in [4.78, 5) is 26.7. The molecule has 1 aromatic carbocycles. The van der Waals surface area contributed by atoms with Crippen LogP contribution in [0.25, 0.3) is 16.2 Å². The molecule has 0 atom stereocenters. The fourth-order valence-corrected chi connectivity index (χ4v) is 5.06. The molecule has 0 radical (unpaired) electrons. The van der Waals surface area contributed by atoms with Gasteiger partial charge in [-0.05, 0) is 45.9 Å². The van der Waals surface area contributed by atoms with Crippen LogP contribution in [-0.2, 0) is 0 Å². The molecule has 0 saturated carbocycles. The Morgan fingerprint density at radius 1 is 1.06 bits per heavy atom. The zero-order valence-electron chi connectivity index (χ0n) is 19.9. The molecule has 34 heavy (non-hydrogen) atoms. The molecule has 8 nitrogen and oxygen atoms in total. The molecule has 1 aliphatic heterocycles. The molecule has 1 amide bonds. The number of amides is 1. The number of pyridine rings is 1. The highest BCUT2D eigenvalue weighted by Crippen LogP contribution is 2.35. The number of hydrogen-bond acceptors (Lipinski definition) is 7. The Balaban J connectivity index is 1.40. The lowest BCUT2D eigenvalue weighted by Crippen LogP contribution is -2.48. The van der Waals surface area contributed by atoms with Crippen molar-refractivity contribution in [1.29, 1.82) is 0 Å². The Kier molecular flexibility index (Phi) is 5.73. The zero-order chi connectivity index (χ0) is 23.9. The van der Waals surface area contributed by atoms with Gasteiger partial charge in [-0.1, -0.05) is 35.1 Å². The van der Waals surface area contributed by atoms with E-state index in [9.17, 15) is 4.79 Å². The van der Waals surface area contributed by atoms with Crippen molar-refractivity contribution in [1.82, 2.24) is 24.5 Å². The minimum atomic E-state index is -0.142. The lowest BCUT2D eigenvalue weighted by Gasteiger charge is -2.34. The van der Waals surface area contributed by atoms with Gasteiger partial charge in [0.1, 0.15) is 5.69 Å². The first-order chi connectivity index (χ1) is 16.3. The van der Waals surface area contributed by atoms with Gasteiger partial charge < -0.3 is 15.1 Å². The zero-order valence-corrected chi connectivity index (χ0v) is 20.8. The highest BCUT2D eigenvalue weighted by molar-refractivity contribution is 7.20. The Labute approximate surface area is 203 Å². The smallest absolute Gasteiger partial charge is 0.254 e. The van der Waals surface area contributed by atoms with Crippen molar-refractivity contribution in [3.8, 4) is 11.3 Å². The summed E-state index contributed by atoms with van der Waals surface area (Å²) in [6, 6.07) is 11.9. The van der Waals surface area contributed by atoms with Crippen molar-refractivity contribution in [3.63, 3.8) is 0 Å². The minimum absolute atomic E-state index is 0.0513. The second-order valence-electron chi connectivity index (χ2n) is 9.65. The Hall–Kier alpha value is -3.46. The molecular weight excluding hydrogens is 446 g/mol. The number of hydrogen-bond donors (Lipinski definition) is 1. The normalized spacial score (nSPS) is 14.6. The number of rotatable bonds is 4. The predicted octanol–water partition coefficient (Wildman–Crippen LogP) is 4.33. The van der Waals surface area contributed by atoms with Crippen LogP contribution < -0.4 is 10.2 Å². The lowest BCUT2D eigenvalue weighted by molar-refractivity contribution is 0.0746. The van der Waals surface area contributed by atoms with Crippen LogP contribution in [-0.4, -0.2) is 62.1 Å². The van der Waals surface area contributed by atoms with E-state index in [2.05, 4.69) is 67.2 Å². The van der Waals surface area contributed by atoms with E-state index in [0.717, 1.165) is 40.3 Å². The number of carbonyl (C=O) groups is 1. The highest BCUT2D eigenvalue weighted by atomic mass is 32.1. The molecule has 9 heteroatoms. The first-order valence-corrected chi connectivity index (χ1v) is 12.3. The minimum Gasteiger partial charge on any atom is -0.364 e. The number of imidazole rings is 1. The van der Waals surface area contributed by atoms with Crippen molar-refractivity contribution in [2.24, 2.45) is 0 Å². The Morgan fingerprint density at radius 2 is 1.79 bits per heavy atom. The monoisotopic (exact) mass is 475 g/mol. The average molecular weight is 476 g/mol. The lowest BCUT2D eigenvalue weighted by atomic mass is 10.1. The fourth-order valence-electron chi connectivity index (χ4n) is 4.11. The third-order valence-electron chi connectivity index (χ3n) is 5.74. The third-order valence-corrected chi connectivity index (χ3v) is 6.71. The molecule has 3 aromatic heterocycles. The van der Waals surface area contributed by atoms with Crippen LogP contribution in [0.1, 0.15) is 36.7 Å². The maximum absolute atomic E-state index is 12.8. The predicted molar refractivity (Wildman–Crippen MR) is 137 cm³/mol. The Morgan fingerprint density at radius 3 is 2.47 bits per heavy atom. The van der Waals surface area contributed by atoms with Gasteiger partial charge in [-0.3, -0.25) is 9.78 Å². The van der Waals surface area contributed by atoms with Crippen molar-refractivity contribution >= 4 is 33.2 Å². The number of piperazine rings is 1. The molecule has 1 N–H and O–H groups in total. The van der Waals surface area contributed by atoms with Crippen LogP contribution in [0.3, 0.4) is 0 Å². The first-order valence-electron chi connectivity index (χ1n) is 11.5. The maximum atomic E-state index is 12.8. The number of carbonyl (C=O) groups excluding carboxylic acids is 1. The number of benzene rings is 1. The number of nitrogens with zero attached hydrogens (tertiary/aromatic N) is 6. The summed E-state index contributed by atoms with van der Waals surface area (Å²) in [7, 11) is 0. The summed E-state index contributed by atoms with van der Waals surface area (Å²) in [5.41, 5.74) is 3.73. The summed E-state index contributed by atoms with van der Waals surface area (Å²) >= 11 is 1.58. The van der Waals surface area contributed by atoms with E-state index in [1.165, 1.54) is 5.56 Å². The number of aromatic nitrogens is 4. The van der Waals surface area contributed by atoms with Crippen molar-refractivity contribution in [3.05, 3.63) is 59.9 Å². The van der Waals surface area contributed by atoms with E-state index in [-0.39, 0.29) is 11.4 Å². The quantitative estimate of drug-likeness (QED) is 0.473. The van der Waals surface area contributed by atoms with Crippen LogP contribution in [0.2, 0.25) is 0 Å². The van der Waals surface area contributed by atoms with Gasteiger partial charge in [-0.2, -0.15) is 4.52 Å². The summed E-state index contributed by atoms with van der Waals surface area (Å²) in [6.45, 7) is 11.3. The average Bonchev–Trinajstić information content (AvgIpc) is 3.38. The van der Waals surface area contributed by atoms with Crippen LogP contribution in [0.5, 0.6) is 0 Å². The van der Waals surface area contributed by atoms with E-state index in [1.54, 1.807) is 35.9 Å². The number of anilines is 2. The van der Waals surface area contributed by atoms with Crippen LogP contribution in [0.4, 0.5) is 10.9 Å². The van der Waals surface area contributed by atoms with Gasteiger partial charge in [0, 0.05) is 55.2 Å². The molecule has 4 aromatic rings. The van der Waals surface area contributed by atoms with Gasteiger partial charge in [0.15, 0.2) is 5.82 Å². The summed E-state index contributed by atoms with van der Waals surface area (Å²) in [6.07, 6.45) is 3.31. The topological polar surface area (TPSA) is 78.7 Å². The third kappa shape index (κ3) is 4.48. The molecule has 4 heterocycles. The van der Waals surface area contributed by atoms with E-state index in [4.69, 9.17) is 10.1 Å². The number of fused-ring (bicyclic) bond motifs is 1. The largest absolute Gasteiger partial charge is 0.364 e. The summed E-state index contributed by atoms with van der Waals surface area (Å²) in [5, 5.41) is 9.48. The van der Waals surface area contributed by atoms with Crippen molar-refractivity contribution in [2.45, 2.75) is 33.2 Å². The summed E-state index contributed by atoms with van der Waals surface area (Å²) < 4.78 is 1.93. The highest BCUT2D eigenvalue weighted by Gasteiger charge is 2.27. The van der Waals surface area contributed by atoms with Crippen molar-refractivity contribution in [2.75, 3.05) is 36.4 Å². The second-order valence-corrected chi connectivity index (χ2v) is 10.6. The summed E-state index contributed by atoms with van der Waals surface area (Å²) in [5.74, 6) is 0.956. The molecule has 5 rings (SSSR count). The van der Waals surface area contributed by atoms with Gasteiger partial charge in [0.25, 0.3) is 5.91 Å². The number of nitrogens with one attached hydrogen (secondary N) is 1. The van der Waals surface area contributed by atoms with E-state index in [1.807, 2.05) is 9.42 Å². The van der Waals surface area contributed by atoms with E-state index in [0.29, 0.717) is 18.7 Å². The van der Waals surface area contributed by atoms with Gasteiger partial charge in [0.05, 0.1) is 0 Å². The van der Waals surface area contributed by atoms with Gasteiger partial charge >= 0.3 is 0 Å². The molecule has 0 bridgehead atoms. The Bertz CT molecular complexity index is 1310. The van der Waals surface area contributed by atoms with Crippen LogP contribution in [0.15, 0.2) is 48.8 Å². The maximum Gasteiger partial charge on any atom is 0.254 e. The SMILES string of the molecule is Cc1cccc(-c2nc3sc(N4CCN(C(=O)c5ccncc5)CC4)nn3c2NC(C)(C)C)c1. The molecule has 0 spiro atoms. The van der Waals surface area contributed by atoms with E-state index >= 15 is 0 Å². The molecular formula is C25H29N7OS. The molecule has 1 fully saturated rings. The second kappa shape index (κ2) is 8.72. The van der Waals surface area contributed by atoms with Crippen LogP contribution in [0, 0.1) is 6.92 Å². The molecule has 0 unspecified atom stereocenters. The van der Waals surface area contributed by atoms with E-state index < -0.39 is 0 Å². The number of aryl methyl sites for hydroxylation is 1. The molecule has 1 saturated heterocycles. The first kappa shape index (κ1) is 22.3. The van der Waals surface area contributed by atoms with Gasteiger partial charge in [-0.15, -0.1) is 5.10 Å². The van der Waals surface area contributed by atoms with Gasteiger partial charge in [-0.25, -0.2) is 4.98 Å². The van der Waals surface area contributed by atoms with Gasteiger partial charge in [0.2, 0.25) is 10.1 Å². The molecule has 1 aliphatic rings. The van der Waals surface area contributed by atoms with Crippen molar-refractivity contribution < 1.29 is 4.79 Å². The van der Waals surface area contributed by atoms with Crippen LogP contribution >= 0.6 is 11.3 Å².